The van der Waals surface area contributed by atoms with Crippen molar-refractivity contribution in [3.05, 3.63) is 0 Å². The lowest BCUT2D eigenvalue weighted by Crippen LogP contribution is -2.83. The van der Waals surface area contributed by atoms with E-state index in [1.54, 1.807) is 0 Å². The van der Waals surface area contributed by atoms with Crippen molar-refractivity contribution in [2.24, 2.45) is 5.73 Å². The molecule has 0 aliphatic heterocycles. The van der Waals surface area contributed by atoms with Crippen LogP contribution in [0.2, 0.25) is 0 Å². The van der Waals surface area contributed by atoms with E-state index in [9.17, 15) is 71.8 Å². The second-order valence-electron chi connectivity index (χ2n) is 9.01. The van der Waals surface area contributed by atoms with Gasteiger partial charge in [-0.1, -0.05) is 0 Å². The third-order valence-electron chi connectivity index (χ3n) is 6.92. The molecule has 0 aromatic heterocycles. The molecule has 0 radical (unpaired) electrons. The van der Waals surface area contributed by atoms with Gasteiger partial charge in [-0.25, -0.2) is 0 Å². The highest BCUT2D eigenvalue weighted by atomic mass is 31.2. The predicted octanol–water partition coefficient (Wildman–Crippen LogP) is -1.61. The lowest BCUT2D eigenvalue weighted by atomic mass is 9.68. The monoisotopic (exact) mass is 643 g/mol. The number of rotatable bonds is 15. The van der Waals surface area contributed by atoms with Crippen LogP contribution in [0.4, 0.5) is 0 Å². The third-order valence-corrected chi connectivity index (χ3v) is 13.8. The van der Waals surface area contributed by atoms with Crippen molar-refractivity contribution < 1.29 is 71.8 Å². The van der Waals surface area contributed by atoms with Gasteiger partial charge in [0.05, 0.1) is 33.7 Å². The van der Waals surface area contributed by atoms with Crippen LogP contribution in [0.15, 0.2) is 0 Å². The molecule has 14 N–H and O–H groups in total. The van der Waals surface area contributed by atoms with Crippen molar-refractivity contribution in [1.82, 2.24) is 10.6 Å². The molecule has 0 fully saturated rings. The minimum atomic E-state index is -5.51. The van der Waals surface area contributed by atoms with E-state index < -0.39 is 90.6 Å². The van der Waals surface area contributed by atoms with Gasteiger partial charge in [-0.15, -0.1) is 0 Å². The molecule has 5 unspecified atom stereocenters. The molecule has 0 aliphatic rings. The van der Waals surface area contributed by atoms with Gasteiger partial charge in [-0.05, 0) is 34.6 Å². The van der Waals surface area contributed by atoms with E-state index >= 15 is 0 Å². The third kappa shape index (κ3) is 8.56. The first-order valence-electron chi connectivity index (χ1n) is 10.5. The summed E-state index contributed by atoms with van der Waals surface area (Å²) in [5, 5.41) is 4.75. The minimum absolute atomic E-state index is 0.458. The molecule has 0 amide bonds. The van der Waals surface area contributed by atoms with Crippen LogP contribution < -0.4 is 16.4 Å². The van der Waals surface area contributed by atoms with Crippen molar-refractivity contribution in [2.75, 3.05) is 13.1 Å². The molecule has 37 heavy (non-hydrogen) atoms. The maximum atomic E-state index is 12.5. The van der Waals surface area contributed by atoms with Crippen molar-refractivity contribution >= 4 is 38.0 Å². The van der Waals surface area contributed by atoms with Crippen LogP contribution in [0, 0.1) is 0 Å². The summed E-state index contributed by atoms with van der Waals surface area (Å²) in [6.07, 6.45) is 0. The Bertz CT molecular complexity index is 972. The van der Waals surface area contributed by atoms with Crippen LogP contribution in [0.5, 0.6) is 0 Å². The van der Waals surface area contributed by atoms with Gasteiger partial charge in [0.2, 0.25) is 0 Å². The molecule has 23 heteroatoms. The van der Waals surface area contributed by atoms with Crippen molar-refractivity contribution in [3.63, 3.8) is 0 Å². The van der Waals surface area contributed by atoms with Crippen molar-refractivity contribution in [3.8, 4) is 0 Å². The zero-order valence-electron chi connectivity index (χ0n) is 20.6. The second kappa shape index (κ2) is 12.2. The summed E-state index contributed by atoms with van der Waals surface area (Å²) in [5.41, 5.74) is -9.10. The molecule has 0 aromatic carbocycles. The van der Waals surface area contributed by atoms with E-state index in [0.29, 0.717) is 0 Å². The van der Waals surface area contributed by atoms with E-state index in [1.807, 2.05) is 0 Å². The molecule has 0 aliphatic carbocycles. The Balaban J connectivity index is 7.55. The minimum Gasteiger partial charge on any atom is -0.324 e. The first-order valence-corrected chi connectivity index (χ1v) is 18.9. The van der Waals surface area contributed by atoms with Crippen LogP contribution in [0.1, 0.15) is 34.6 Å². The molecule has 0 aromatic rings. The van der Waals surface area contributed by atoms with Crippen LogP contribution >= 0.6 is 38.0 Å². The maximum absolute atomic E-state index is 12.5. The summed E-state index contributed by atoms with van der Waals surface area (Å²) in [7, 11) is -26.7. The molecular weight excluding hydrogens is 605 g/mol. The van der Waals surface area contributed by atoms with Crippen LogP contribution in [0.3, 0.4) is 0 Å². The van der Waals surface area contributed by atoms with Crippen LogP contribution in [0.25, 0.3) is 0 Å². The van der Waals surface area contributed by atoms with E-state index in [-0.39, 0.29) is 0 Å². The molecule has 0 heterocycles. The van der Waals surface area contributed by atoms with Crippen LogP contribution in [-0.2, 0) is 22.8 Å². The highest BCUT2D eigenvalue weighted by Crippen LogP contribution is 2.65. The molecular formula is C14H38N3O15P5. The lowest BCUT2D eigenvalue weighted by Gasteiger charge is -2.59. The highest BCUT2D eigenvalue weighted by Gasteiger charge is 2.70. The molecule has 18 nitrogen and oxygen atoms in total. The van der Waals surface area contributed by atoms with Gasteiger partial charge in [0.15, 0.2) is 0 Å². The van der Waals surface area contributed by atoms with Gasteiger partial charge in [0, 0.05) is 13.1 Å². The van der Waals surface area contributed by atoms with Crippen molar-refractivity contribution in [2.45, 2.75) is 74.1 Å². The fourth-order valence-corrected chi connectivity index (χ4v) is 9.05. The molecule has 5 atom stereocenters. The maximum Gasteiger partial charge on any atom is 0.342 e. The van der Waals surface area contributed by atoms with Gasteiger partial charge in [0.25, 0.3) is 0 Å². The Hall–Kier alpha value is 0.630. The molecule has 0 rings (SSSR count). The van der Waals surface area contributed by atoms with E-state index in [1.165, 1.54) is 0 Å². The average Bonchev–Trinajstić information content (AvgIpc) is 2.67. The molecule has 0 saturated carbocycles. The van der Waals surface area contributed by atoms with Gasteiger partial charge < -0.3 is 65.3 Å². The molecule has 0 saturated heterocycles. The van der Waals surface area contributed by atoms with E-state index in [4.69, 9.17) is 5.73 Å². The first-order chi connectivity index (χ1) is 16.0. The van der Waals surface area contributed by atoms with E-state index in [2.05, 4.69) is 10.6 Å². The van der Waals surface area contributed by atoms with Gasteiger partial charge in [-0.3, -0.25) is 22.8 Å². The summed E-state index contributed by atoms with van der Waals surface area (Å²) in [5.74, 6) is -1.45. The summed E-state index contributed by atoms with van der Waals surface area (Å²) >= 11 is 0. The Morgan fingerprint density at radius 1 is 0.568 bits per heavy atom. The normalized spacial score (nSPS) is 21.8. The van der Waals surface area contributed by atoms with Gasteiger partial charge in [-0.2, -0.15) is 0 Å². The predicted molar refractivity (Wildman–Crippen MR) is 133 cm³/mol. The second-order valence-corrected chi connectivity index (χ2v) is 18.8. The molecule has 0 spiro atoms. The zero-order chi connectivity index (χ0) is 30.2. The molecule has 224 valence electrons. The SMILES string of the molecule is CC(NCCNC(C(C)P(=O)(O)O)(C(C)P(=O)(O)O)C(N)(C(C)P(=O)(O)O)C(C)P(=O)(O)O)P(=O)(O)O. The van der Waals surface area contributed by atoms with Gasteiger partial charge in [0.1, 0.15) is 5.78 Å². The van der Waals surface area contributed by atoms with Crippen LogP contribution in [-0.4, -0.2) is 102 Å². The van der Waals surface area contributed by atoms with Crippen molar-refractivity contribution in [1.29, 1.82) is 0 Å². The molecule has 0 bridgehead atoms. The van der Waals surface area contributed by atoms with Gasteiger partial charge >= 0.3 is 38.0 Å². The number of hydrogen-bond donors (Lipinski definition) is 13. The Morgan fingerprint density at radius 2 is 0.865 bits per heavy atom. The topological polar surface area (TPSA) is 338 Å². The smallest absolute Gasteiger partial charge is 0.324 e. The summed E-state index contributed by atoms with van der Waals surface area (Å²) in [4.78, 5) is 98.6. The fourth-order valence-electron chi connectivity index (χ4n) is 4.32. The lowest BCUT2D eigenvalue weighted by molar-refractivity contribution is 0.116. The summed E-state index contributed by atoms with van der Waals surface area (Å²) in [6.45, 7) is 2.91. The highest BCUT2D eigenvalue weighted by molar-refractivity contribution is 7.55. The summed E-state index contributed by atoms with van der Waals surface area (Å²) < 4.78 is 61.2. The average molecular weight is 643 g/mol. The standard InChI is InChI=1S/C14H38N3O15P5/c1-8(33(18,19)20)13(15,9(2)34(21,22)23)14(10(3)35(24,25)26,11(4)36(27,28)29)17-7-6-16-12(5)37(30,31)32/h8-12,16-17H,6-7,15H2,1-5H3,(H2,18,19,20)(H2,21,22,23)(H2,24,25,26)(H2,27,28,29)(H2,30,31,32). The summed E-state index contributed by atoms with van der Waals surface area (Å²) in [6, 6.07) is 0. The quantitative estimate of drug-likeness (QED) is 0.0705. The number of nitrogens with one attached hydrogen (secondary N) is 2. The Morgan fingerprint density at radius 3 is 1.11 bits per heavy atom. The number of hydrogen-bond acceptors (Lipinski definition) is 8. The fraction of sp³-hybridized carbons (Fsp3) is 1.00. The van der Waals surface area contributed by atoms with E-state index in [0.717, 1.165) is 34.6 Å². The Labute approximate surface area is 213 Å². The zero-order valence-corrected chi connectivity index (χ0v) is 25.1. The Kier molecular flexibility index (Phi) is 12.5. The largest absolute Gasteiger partial charge is 0.342 e. The first kappa shape index (κ1) is 37.6. The number of nitrogens with two attached hydrogens (primary N) is 1.